The van der Waals surface area contributed by atoms with Gasteiger partial charge in [-0.05, 0) is 79.4 Å². The summed E-state index contributed by atoms with van der Waals surface area (Å²) in [6, 6.07) is 8.89. The van der Waals surface area contributed by atoms with E-state index < -0.39 is 0 Å². The van der Waals surface area contributed by atoms with E-state index in [4.69, 9.17) is 0 Å². The molecule has 0 bridgehead atoms. The molecule has 0 amide bonds. The Kier molecular flexibility index (Phi) is 4.40. The van der Waals surface area contributed by atoms with Gasteiger partial charge in [-0.2, -0.15) is 10.1 Å². The fraction of sp³-hybridized carbons (Fsp3) is 0.727. The quantitative estimate of drug-likeness (QED) is 0.765. The number of benzene rings is 1. The molecule has 1 aromatic carbocycles. The summed E-state index contributed by atoms with van der Waals surface area (Å²) in [7, 11) is 0. The van der Waals surface area contributed by atoms with Gasteiger partial charge in [-0.25, -0.2) is 0 Å². The van der Waals surface area contributed by atoms with Crippen molar-refractivity contribution in [3.8, 4) is 0 Å². The van der Waals surface area contributed by atoms with Crippen LogP contribution < -0.4 is 0 Å². The molecule has 2 atom stereocenters. The highest BCUT2D eigenvalue weighted by Crippen LogP contribution is 2.51. The van der Waals surface area contributed by atoms with Gasteiger partial charge in [0.1, 0.15) is 0 Å². The Hall–Kier alpha value is -0.940. The van der Waals surface area contributed by atoms with Crippen LogP contribution in [0.4, 0.5) is 0 Å². The van der Waals surface area contributed by atoms with Gasteiger partial charge in [0.2, 0.25) is 0 Å². The van der Waals surface area contributed by atoms with Crippen LogP contribution in [0.1, 0.15) is 91.2 Å². The van der Waals surface area contributed by atoms with E-state index in [0.717, 1.165) is 12.8 Å². The van der Waals surface area contributed by atoms with Crippen LogP contribution in [0.5, 0.6) is 0 Å². The number of rotatable bonds is 2. The molecule has 2 aliphatic heterocycles. The fourth-order valence-electron chi connectivity index (χ4n) is 5.54. The van der Waals surface area contributed by atoms with Crippen molar-refractivity contribution in [2.75, 3.05) is 0 Å². The van der Waals surface area contributed by atoms with Crippen molar-refractivity contribution >= 4 is 0 Å². The van der Waals surface area contributed by atoms with Crippen LogP contribution in [0.3, 0.4) is 0 Å². The summed E-state index contributed by atoms with van der Waals surface area (Å²) in [4.78, 5) is 0. The molecule has 1 aromatic rings. The lowest BCUT2D eigenvalue weighted by Gasteiger charge is -2.36. The molecule has 2 aliphatic rings. The Morgan fingerprint density at radius 2 is 0.923 bits per heavy atom. The smallest absolute Gasteiger partial charge is 0.0479 e. The van der Waals surface area contributed by atoms with Gasteiger partial charge in [-0.3, -0.25) is 0 Å². The zero-order valence-electron chi connectivity index (χ0n) is 17.7. The highest BCUT2D eigenvalue weighted by atomic mass is 16.5. The van der Waals surface area contributed by atoms with Crippen molar-refractivity contribution in [1.82, 2.24) is 10.1 Å². The summed E-state index contributed by atoms with van der Waals surface area (Å²) >= 11 is 0. The van der Waals surface area contributed by atoms with Crippen LogP contribution in [0.2, 0.25) is 0 Å². The van der Waals surface area contributed by atoms with Gasteiger partial charge in [-0.15, -0.1) is 0 Å². The predicted octanol–water partition coefficient (Wildman–Crippen LogP) is 5.16. The van der Waals surface area contributed by atoms with Gasteiger partial charge >= 0.3 is 0 Å². The van der Waals surface area contributed by atoms with Gasteiger partial charge in [0.05, 0.1) is 0 Å². The van der Waals surface area contributed by atoms with Crippen LogP contribution in [0, 0.1) is 0 Å². The van der Waals surface area contributed by atoms with Crippen LogP contribution in [-0.2, 0) is 0 Å². The van der Waals surface area contributed by atoms with Gasteiger partial charge in [-0.1, -0.05) is 24.3 Å². The maximum absolute atomic E-state index is 10.6. The topological polar surface area (TPSA) is 46.9 Å². The first-order valence-electron chi connectivity index (χ1n) is 9.79. The molecule has 4 heteroatoms. The van der Waals surface area contributed by atoms with Gasteiger partial charge in [0.15, 0.2) is 0 Å². The number of hydrogen-bond acceptors (Lipinski definition) is 4. The molecule has 4 nitrogen and oxygen atoms in total. The van der Waals surface area contributed by atoms with E-state index in [2.05, 4.69) is 79.7 Å². The standard InChI is InChI=1S/C22H36N2O2/c1-19(2)13-17(21(5,6)23(19)25)15-9-11-16(12-10-15)18-14-20(3,4)24(26)22(18,7)8/h9-12,17-18,25-26H,13-14H2,1-8H3. The Bertz CT molecular complexity index is 617. The van der Waals surface area contributed by atoms with E-state index in [-0.39, 0.29) is 22.2 Å². The van der Waals surface area contributed by atoms with E-state index in [0.29, 0.717) is 11.8 Å². The second-order valence-corrected chi connectivity index (χ2v) is 10.7. The molecular formula is C22H36N2O2. The van der Waals surface area contributed by atoms with Gasteiger partial charge in [0.25, 0.3) is 0 Å². The molecule has 0 radical (unpaired) electrons. The monoisotopic (exact) mass is 360 g/mol. The average molecular weight is 361 g/mol. The molecule has 3 rings (SSSR count). The van der Waals surface area contributed by atoms with E-state index in [9.17, 15) is 10.4 Å². The maximum atomic E-state index is 10.6. The van der Waals surface area contributed by atoms with Crippen molar-refractivity contribution in [3.05, 3.63) is 35.4 Å². The molecular weight excluding hydrogens is 324 g/mol. The minimum Gasteiger partial charge on any atom is -0.313 e. The summed E-state index contributed by atoms with van der Waals surface area (Å²) in [6.07, 6.45) is 1.87. The first-order valence-corrected chi connectivity index (χ1v) is 9.79. The van der Waals surface area contributed by atoms with Crippen molar-refractivity contribution in [3.63, 3.8) is 0 Å². The largest absolute Gasteiger partial charge is 0.313 e. The zero-order chi connectivity index (χ0) is 19.7. The molecule has 2 unspecified atom stereocenters. The molecule has 2 fully saturated rings. The third-order valence-electron chi connectivity index (χ3n) is 7.09. The summed E-state index contributed by atoms with van der Waals surface area (Å²) < 4.78 is 0. The minimum atomic E-state index is -0.290. The fourth-order valence-corrected chi connectivity index (χ4v) is 5.54. The lowest BCUT2D eigenvalue weighted by molar-refractivity contribution is -0.193. The van der Waals surface area contributed by atoms with Crippen LogP contribution >= 0.6 is 0 Å². The SMILES string of the molecule is CC1(C)CC(c2ccc(C3CC(C)(C)N(O)C3(C)C)cc2)C(C)(C)N1O. The third kappa shape index (κ3) is 2.82. The molecule has 0 saturated carbocycles. The molecule has 0 spiro atoms. The highest BCUT2D eigenvalue weighted by molar-refractivity contribution is 5.34. The second-order valence-electron chi connectivity index (χ2n) is 10.7. The van der Waals surface area contributed by atoms with Crippen LogP contribution in [0.25, 0.3) is 0 Å². The van der Waals surface area contributed by atoms with Crippen LogP contribution in [0.15, 0.2) is 24.3 Å². The second kappa shape index (κ2) is 5.78. The Labute approximate surface area is 158 Å². The molecule has 2 N–H and O–H groups in total. The van der Waals surface area contributed by atoms with Crippen LogP contribution in [-0.4, -0.2) is 42.7 Å². The van der Waals surface area contributed by atoms with E-state index >= 15 is 0 Å². The summed E-state index contributed by atoms with van der Waals surface area (Å²) in [5, 5.41) is 24.3. The van der Waals surface area contributed by atoms with Crippen molar-refractivity contribution in [2.24, 2.45) is 0 Å². The third-order valence-corrected chi connectivity index (χ3v) is 7.09. The molecule has 2 saturated heterocycles. The number of hydrogen-bond donors (Lipinski definition) is 2. The van der Waals surface area contributed by atoms with Crippen molar-refractivity contribution in [2.45, 2.75) is 102 Å². The normalized spacial score (nSPS) is 32.8. The predicted molar refractivity (Wildman–Crippen MR) is 105 cm³/mol. The van der Waals surface area contributed by atoms with E-state index in [1.807, 2.05) is 0 Å². The lowest BCUT2D eigenvalue weighted by atomic mass is 9.78. The molecule has 146 valence electrons. The summed E-state index contributed by atoms with van der Waals surface area (Å²) in [5.74, 6) is 0.581. The zero-order valence-corrected chi connectivity index (χ0v) is 17.7. The maximum Gasteiger partial charge on any atom is 0.0479 e. The highest BCUT2D eigenvalue weighted by Gasteiger charge is 2.53. The first-order chi connectivity index (χ1) is 11.7. The van der Waals surface area contributed by atoms with Gasteiger partial charge < -0.3 is 10.4 Å². The summed E-state index contributed by atoms with van der Waals surface area (Å²) in [6.45, 7) is 16.9. The molecule has 2 heterocycles. The Balaban J connectivity index is 1.89. The van der Waals surface area contributed by atoms with Crippen molar-refractivity contribution in [1.29, 1.82) is 0 Å². The van der Waals surface area contributed by atoms with E-state index in [1.165, 1.54) is 21.3 Å². The lowest BCUT2D eigenvalue weighted by Crippen LogP contribution is -2.47. The molecule has 0 aromatic heterocycles. The average Bonchev–Trinajstić information content (AvgIpc) is 2.81. The Morgan fingerprint density at radius 3 is 1.12 bits per heavy atom. The number of hydroxylamine groups is 4. The van der Waals surface area contributed by atoms with Crippen molar-refractivity contribution < 1.29 is 10.4 Å². The van der Waals surface area contributed by atoms with Gasteiger partial charge in [0, 0.05) is 34.0 Å². The summed E-state index contributed by atoms with van der Waals surface area (Å²) in [5.41, 5.74) is 1.53. The first kappa shape index (κ1) is 19.8. The molecule has 26 heavy (non-hydrogen) atoms. The molecule has 0 aliphatic carbocycles. The minimum absolute atomic E-state index is 0.221. The number of nitrogens with zero attached hydrogens (tertiary/aromatic N) is 2. The Morgan fingerprint density at radius 1 is 0.654 bits per heavy atom. The van der Waals surface area contributed by atoms with E-state index in [1.54, 1.807) is 0 Å².